The lowest BCUT2D eigenvalue weighted by molar-refractivity contribution is 0.385. The molecular weight excluding hydrogens is 303 g/mol. The van der Waals surface area contributed by atoms with Crippen LogP contribution in [0.25, 0.3) is 0 Å². The molecule has 0 spiro atoms. The van der Waals surface area contributed by atoms with Crippen LogP contribution in [0.1, 0.15) is 0 Å². The molecule has 0 aliphatic heterocycles. The van der Waals surface area contributed by atoms with Crippen molar-refractivity contribution in [3.8, 4) is 11.5 Å². The minimum absolute atomic E-state index is 0.0430. The van der Waals surface area contributed by atoms with E-state index in [2.05, 4.69) is 8.71 Å². The number of benzene rings is 2. The van der Waals surface area contributed by atoms with Crippen LogP contribution in [0.5, 0.6) is 11.5 Å². The molecule has 2 aromatic rings. The molecule has 0 aliphatic carbocycles. The smallest absolute Gasteiger partial charge is 0.412 e. The molecule has 0 saturated carbocycles. The lowest BCUT2D eigenvalue weighted by atomic mass is 10.3. The molecule has 0 aliphatic rings. The molecule has 1 atom stereocenters. The predicted molar refractivity (Wildman–Crippen MR) is 72.9 cm³/mol. The largest absolute Gasteiger partial charge is 0.531 e. The number of hydrogen-bond donors (Lipinski definition) is 1. The van der Waals surface area contributed by atoms with Crippen molar-refractivity contribution in [1.82, 2.24) is 0 Å². The molecule has 2 aromatic carbocycles. The first kappa shape index (κ1) is 14.6. The van der Waals surface area contributed by atoms with Crippen molar-refractivity contribution in [2.75, 3.05) is 0 Å². The highest BCUT2D eigenvalue weighted by Crippen LogP contribution is 2.49. The van der Waals surface area contributed by atoms with Gasteiger partial charge in [-0.2, -0.15) is 8.42 Å². The third-order valence-electron chi connectivity index (χ3n) is 2.19. The van der Waals surface area contributed by atoms with E-state index in [1.165, 1.54) is 36.4 Å². The molecule has 0 heterocycles. The third kappa shape index (κ3) is 3.39. The second-order valence-corrected chi connectivity index (χ2v) is 8.56. The zero-order valence-electron chi connectivity index (χ0n) is 10.1. The Bertz CT molecular complexity index is 714. The van der Waals surface area contributed by atoms with Crippen molar-refractivity contribution in [2.24, 2.45) is 0 Å². The van der Waals surface area contributed by atoms with Gasteiger partial charge in [-0.3, -0.25) is 0 Å². The number of hydrogen-bond acceptors (Lipinski definition) is 5. The van der Waals surface area contributed by atoms with Gasteiger partial charge in [0, 0.05) is 0 Å². The molecule has 0 bridgehead atoms. The van der Waals surface area contributed by atoms with Crippen LogP contribution in [0.2, 0.25) is 0 Å². The summed E-state index contributed by atoms with van der Waals surface area (Å²) in [7, 11) is -4.82. The Morgan fingerprint density at radius 3 is 1.80 bits per heavy atom. The van der Waals surface area contributed by atoms with E-state index in [1.807, 2.05) is 0 Å². The maximum Gasteiger partial charge on any atom is 0.531 e. The molecule has 1 N–H and O–H groups in total. The molecule has 20 heavy (non-hydrogen) atoms. The second-order valence-electron chi connectivity index (χ2n) is 3.70. The van der Waals surface area contributed by atoms with Crippen LogP contribution in [0.15, 0.2) is 60.7 Å². The maximum atomic E-state index is 11.8. The zero-order chi connectivity index (χ0) is 14.6. The second kappa shape index (κ2) is 5.66. The Kier molecular flexibility index (Phi) is 4.13. The van der Waals surface area contributed by atoms with E-state index in [-0.39, 0.29) is 11.5 Å². The molecule has 0 aromatic heterocycles. The van der Waals surface area contributed by atoms with Crippen molar-refractivity contribution >= 4 is 16.5 Å². The summed E-state index contributed by atoms with van der Waals surface area (Å²) in [5, 5.41) is 0. The van der Waals surface area contributed by atoms with Crippen LogP contribution in [0, 0.1) is 0 Å². The summed E-state index contributed by atoms with van der Waals surface area (Å²) in [6.45, 7) is -5.03. The lowest BCUT2D eigenvalue weighted by Gasteiger charge is -2.13. The van der Waals surface area contributed by atoms with Gasteiger partial charge in [-0.05, 0) is 24.3 Å². The summed E-state index contributed by atoms with van der Waals surface area (Å²) in [5.41, 5.74) is 0. The van der Waals surface area contributed by atoms with E-state index < -0.39 is 16.5 Å². The van der Waals surface area contributed by atoms with Crippen LogP contribution in [0.3, 0.4) is 0 Å². The van der Waals surface area contributed by atoms with Gasteiger partial charge in [0.1, 0.15) is 11.5 Å². The number of rotatable bonds is 5. The summed E-state index contributed by atoms with van der Waals surface area (Å²) in [5.74, 6) is -0.114. The van der Waals surface area contributed by atoms with Crippen molar-refractivity contribution in [2.45, 2.75) is 0 Å². The Labute approximate surface area is 116 Å². The van der Waals surface area contributed by atoms with Crippen molar-refractivity contribution < 1.29 is 26.6 Å². The average molecular weight is 314 g/mol. The molecule has 106 valence electrons. The molecule has 0 amide bonds. The molecule has 1 unspecified atom stereocenters. The van der Waals surface area contributed by atoms with Gasteiger partial charge in [-0.15, -0.1) is 0 Å². The van der Waals surface area contributed by atoms with Crippen LogP contribution in [-0.2, 0) is 14.3 Å². The SMILES string of the molecule is O=P(O)(Oc1ccccc1)S(=O)(=O)Oc1ccccc1. The quantitative estimate of drug-likeness (QED) is 0.853. The Morgan fingerprint density at radius 1 is 0.850 bits per heavy atom. The highest BCUT2D eigenvalue weighted by Gasteiger charge is 2.42. The van der Waals surface area contributed by atoms with Gasteiger partial charge in [0.05, 0.1) is 0 Å². The standard InChI is InChI=1S/C12H11O6PS/c13-19(14,17-11-7-3-1-4-8-11)20(15,16)18-12-9-5-2-6-10-12/h1-10H,(H,13,14). The average Bonchev–Trinajstić information content (AvgIpc) is 2.40. The summed E-state index contributed by atoms with van der Waals surface area (Å²) in [6.07, 6.45) is 0. The monoisotopic (exact) mass is 314 g/mol. The summed E-state index contributed by atoms with van der Waals surface area (Å²) in [4.78, 5) is 9.58. The first-order valence-electron chi connectivity index (χ1n) is 5.48. The topological polar surface area (TPSA) is 89.9 Å². The van der Waals surface area contributed by atoms with E-state index in [0.29, 0.717) is 0 Å². The normalized spacial score (nSPS) is 14.2. The van der Waals surface area contributed by atoms with Gasteiger partial charge in [-0.25, -0.2) is 4.57 Å². The highest BCUT2D eigenvalue weighted by atomic mass is 32.8. The van der Waals surface area contributed by atoms with Crippen molar-refractivity contribution in [1.29, 1.82) is 0 Å². The number of para-hydroxylation sites is 2. The van der Waals surface area contributed by atoms with Crippen molar-refractivity contribution in [3.63, 3.8) is 0 Å². The van der Waals surface area contributed by atoms with Crippen LogP contribution < -0.4 is 8.71 Å². The van der Waals surface area contributed by atoms with E-state index in [1.54, 1.807) is 24.3 Å². The zero-order valence-corrected chi connectivity index (χ0v) is 11.8. The lowest BCUT2D eigenvalue weighted by Crippen LogP contribution is -2.13. The Balaban J connectivity index is 2.22. The summed E-state index contributed by atoms with van der Waals surface area (Å²) < 4.78 is 44.6. The molecule has 0 saturated heterocycles. The minimum Gasteiger partial charge on any atom is -0.412 e. The molecule has 6 nitrogen and oxygen atoms in total. The fourth-order valence-electron chi connectivity index (χ4n) is 1.30. The van der Waals surface area contributed by atoms with E-state index >= 15 is 0 Å². The van der Waals surface area contributed by atoms with Crippen LogP contribution in [0.4, 0.5) is 0 Å². The van der Waals surface area contributed by atoms with Gasteiger partial charge in [0.25, 0.3) is 0 Å². The first-order valence-corrected chi connectivity index (χ1v) is 9.07. The highest BCUT2D eigenvalue weighted by molar-refractivity contribution is 8.47. The molecule has 0 radical (unpaired) electrons. The van der Waals surface area contributed by atoms with Crippen LogP contribution >= 0.6 is 6.80 Å². The van der Waals surface area contributed by atoms with E-state index in [4.69, 9.17) is 0 Å². The van der Waals surface area contributed by atoms with Gasteiger partial charge >= 0.3 is 16.5 Å². The van der Waals surface area contributed by atoms with Gasteiger partial charge in [0.2, 0.25) is 0 Å². The van der Waals surface area contributed by atoms with Crippen molar-refractivity contribution in [3.05, 3.63) is 60.7 Å². The summed E-state index contributed by atoms with van der Waals surface area (Å²) >= 11 is 0. The Morgan fingerprint density at radius 2 is 1.30 bits per heavy atom. The summed E-state index contributed by atoms with van der Waals surface area (Å²) in [6, 6.07) is 14.9. The van der Waals surface area contributed by atoms with Gasteiger partial charge in [0.15, 0.2) is 0 Å². The molecule has 0 fully saturated rings. The van der Waals surface area contributed by atoms with Gasteiger partial charge in [-0.1, -0.05) is 36.4 Å². The fourth-order valence-corrected chi connectivity index (χ4v) is 3.31. The predicted octanol–water partition coefficient (Wildman–Crippen LogP) is 2.57. The fraction of sp³-hybridized carbons (Fsp3) is 0. The molecule has 8 heteroatoms. The maximum absolute atomic E-state index is 11.8. The Hall–Kier alpha value is -1.82. The molecular formula is C12H11O6PS. The molecule has 2 rings (SSSR count). The van der Waals surface area contributed by atoms with E-state index in [0.717, 1.165) is 0 Å². The minimum atomic E-state index is -5.03. The first-order chi connectivity index (χ1) is 9.41. The van der Waals surface area contributed by atoms with Gasteiger partial charge < -0.3 is 13.6 Å². The third-order valence-corrected chi connectivity index (χ3v) is 5.74. The van der Waals surface area contributed by atoms with E-state index in [9.17, 15) is 17.9 Å². The van der Waals surface area contributed by atoms with Crippen LogP contribution in [-0.4, -0.2) is 13.3 Å².